The van der Waals surface area contributed by atoms with Crippen molar-refractivity contribution in [2.24, 2.45) is 0 Å². The average molecular weight is 309 g/mol. The molecule has 0 atom stereocenters. The van der Waals surface area contributed by atoms with Gasteiger partial charge in [-0.3, -0.25) is 4.79 Å². The number of nitrogens with zero attached hydrogens (tertiary/aromatic N) is 4. The Labute approximate surface area is 134 Å². The zero-order valence-electron chi connectivity index (χ0n) is 13.3. The summed E-state index contributed by atoms with van der Waals surface area (Å²) in [7, 11) is 0. The van der Waals surface area contributed by atoms with E-state index in [1.165, 1.54) is 5.56 Å². The van der Waals surface area contributed by atoms with Crippen LogP contribution in [0.15, 0.2) is 24.4 Å². The zero-order valence-corrected chi connectivity index (χ0v) is 13.3. The molecule has 1 aliphatic heterocycles. The lowest BCUT2D eigenvalue weighted by Gasteiger charge is -2.27. The number of carbonyl (C=O) groups excluding carboxylic acids is 1. The molecule has 3 aromatic rings. The lowest BCUT2D eigenvalue weighted by atomic mass is 10.1. The summed E-state index contributed by atoms with van der Waals surface area (Å²) in [4.78, 5) is 17.8. The summed E-state index contributed by atoms with van der Waals surface area (Å²) in [6.07, 6.45) is 2.36. The molecule has 0 spiro atoms. The molecule has 0 radical (unpaired) electrons. The lowest BCUT2D eigenvalue weighted by molar-refractivity contribution is -0.132. The number of fused-ring (bicyclic) bond motifs is 2. The molecule has 2 aromatic heterocycles. The molecular weight excluding hydrogens is 290 g/mol. The smallest absolute Gasteiger partial charge is 0.227 e. The van der Waals surface area contributed by atoms with E-state index in [-0.39, 0.29) is 5.91 Å². The van der Waals surface area contributed by atoms with Crippen LogP contribution in [0.5, 0.6) is 0 Å². The summed E-state index contributed by atoms with van der Waals surface area (Å²) in [5, 5.41) is 9.37. The molecular formula is C17H19N5O. The first-order chi connectivity index (χ1) is 11.1. The molecule has 0 aliphatic carbocycles. The van der Waals surface area contributed by atoms with Gasteiger partial charge in [0.05, 0.1) is 13.0 Å². The van der Waals surface area contributed by atoms with Gasteiger partial charge in [0.1, 0.15) is 5.82 Å². The van der Waals surface area contributed by atoms with Crippen molar-refractivity contribution in [2.75, 3.05) is 6.54 Å². The maximum absolute atomic E-state index is 12.6. The van der Waals surface area contributed by atoms with Crippen LogP contribution in [0.3, 0.4) is 0 Å². The van der Waals surface area contributed by atoms with E-state index in [9.17, 15) is 4.79 Å². The van der Waals surface area contributed by atoms with E-state index in [1.54, 1.807) is 0 Å². The minimum Gasteiger partial charge on any atom is -0.361 e. The van der Waals surface area contributed by atoms with Crippen molar-refractivity contribution in [3.05, 3.63) is 47.2 Å². The van der Waals surface area contributed by atoms with Gasteiger partial charge < -0.3 is 14.5 Å². The van der Waals surface area contributed by atoms with Gasteiger partial charge in [0.2, 0.25) is 5.91 Å². The summed E-state index contributed by atoms with van der Waals surface area (Å²) >= 11 is 0. The van der Waals surface area contributed by atoms with Crippen molar-refractivity contribution < 1.29 is 4.79 Å². The van der Waals surface area contributed by atoms with Crippen LogP contribution in [-0.2, 0) is 24.3 Å². The quantitative estimate of drug-likeness (QED) is 0.787. The summed E-state index contributed by atoms with van der Waals surface area (Å²) in [6.45, 7) is 6.04. The maximum Gasteiger partial charge on any atom is 0.227 e. The van der Waals surface area contributed by atoms with Crippen LogP contribution in [0.4, 0.5) is 0 Å². The number of carbonyl (C=O) groups is 1. The van der Waals surface area contributed by atoms with Gasteiger partial charge in [-0.25, -0.2) is 0 Å². The Morgan fingerprint density at radius 2 is 2.13 bits per heavy atom. The van der Waals surface area contributed by atoms with Crippen LogP contribution in [-0.4, -0.2) is 37.1 Å². The fourth-order valence-electron chi connectivity index (χ4n) is 3.24. The minimum absolute atomic E-state index is 0.137. The first-order valence-corrected chi connectivity index (χ1v) is 7.85. The SMILES string of the molecule is Cc1ccc2c(CC(=O)N3CCn4c(C)nnc4C3)c[nH]c2c1. The molecule has 0 bridgehead atoms. The van der Waals surface area contributed by atoms with Gasteiger partial charge in [0, 0.05) is 30.2 Å². The molecule has 118 valence electrons. The van der Waals surface area contributed by atoms with Crippen LogP contribution < -0.4 is 0 Å². The highest BCUT2D eigenvalue weighted by molar-refractivity contribution is 5.89. The molecule has 0 saturated carbocycles. The van der Waals surface area contributed by atoms with Gasteiger partial charge in [0.15, 0.2) is 5.82 Å². The highest BCUT2D eigenvalue weighted by Gasteiger charge is 2.23. The Morgan fingerprint density at radius 3 is 3.00 bits per heavy atom. The van der Waals surface area contributed by atoms with Gasteiger partial charge >= 0.3 is 0 Å². The Morgan fingerprint density at radius 1 is 1.26 bits per heavy atom. The van der Waals surface area contributed by atoms with E-state index in [0.717, 1.165) is 34.7 Å². The van der Waals surface area contributed by atoms with E-state index in [2.05, 4.69) is 44.9 Å². The van der Waals surface area contributed by atoms with Crippen LogP contribution in [0.2, 0.25) is 0 Å². The number of hydrogen-bond donors (Lipinski definition) is 1. The Hall–Kier alpha value is -2.63. The largest absolute Gasteiger partial charge is 0.361 e. The number of rotatable bonds is 2. The molecule has 1 amide bonds. The fourth-order valence-corrected chi connectivity index (χ4v) is 3.24. The molecule has 1 N–H and O–H groups in total. The second-order valence-corrected chi connectivity index (χ2v) is 6.17. The molecule has 0 unspecified atom stereocenters. The predicted molar refractivity (Wildman–Crippen MR) is 86.9 cm³/mol. The Bertz CT molecular complexity index is 892. The van der Waals surface area contributed by atoms with Crippen molar-refractivity contribution in [2.45, 2.75) is 33.4 Å². The number of hydrogen-bond acceptors (Lipinski definition) is 3. The molecule has 0 fully saturated rings. The van der Waals surface area contributed by atoms with E-state index in [0.29, 0.717) is 19.5 Å². The topological polar surface area (TPSA) is 66.8 Å². The van der Waals surface area contributed by atoms with Crippen molar-refractivity contribution in [1.29, 1.82) is 0 Å². The fraction of sp³-hybridized carbons (Fsp3) is 0.353. The standard InChI is InChI=1S/C17H19N5O/c1-11-3-4-14-13(9-18-15(14)7-11)8-17(23)21-5-6-22-12(2)19-20-16(22)10-21/h3-4,7,9,18H,5-6,8,10H2,1-2H3. The number of aromatic nitrogens is 4. The van der Waals surface area contributed by atoms with E-state index in [4.69, 9.17) is 0 Å². The van der Waals surface area contributed by atoms with Gasteiger partial charge in [-0.2, -0.15) is 0 Å². The van der Waals surface area contributed by atoms with Crippen molar-refractivity contribution >= 4 is 16.8 Å². The minimum atomic E-state index is 0.137. The molecule has 6 nitrogen and oxygen atoms in total. The highest BCUT2D eigenvalue weighted by Crippen LogP contribution is 2.21. The number of amides is 1. The van der Waals surface area contributed by atoms with Gasteiger partial charge in [-0.05, 0) is 31.0 Å². The van der Waals surface area contributed by atoms with Crippen molar-refractivity contribution in [3.63, 3.8) is 0 Å². The van der Waals surface area contributed by atoms with Crippen LogP contribution in [0.25, 0.3) is 10.9 Å². The van der Waals surface area contributed by atoms with Crippen molar-refractivity contribution in [1.82, 2.24) is 24.6 Å². The third-order valence-corrected chi connectivity index (χ3v) is 4.56. The summed E-state index contributed by atoms with van der Waals surface area (Å²) in [5.74, 6) is 1.93. The van der Waals surface area contributed by atoms with E-state index >= 15 is 0 Å². The van der Waals surface area contributed by atoms with E-state index in [1.807, 2.05) is 18.0 Å². The second-order valence-electron chi connectivity index (χ2n) is 6.17. The molecule has 6 heteroatoms. The molecule has 3 heterocycles. The van der Waals surface area contributed by atoms with Gasteiger partial charge in [-0.15, -0.1) is 10.2 Å². The number of nitrogens with one attached hydrogen (secondary N) is 1. The van der Waals surface area contributed by atoms with Crippen LogP contribution in [0.1, 0.15) is 22.8 Å². The third kappa shape index (κ3) is 2.40. The van der Waals surface area contributed by atoms with Gasteiger partial charge in [0.25, 0.3) is 0 Å². The predicted octanol–water partition coefficient (Wildman–Crippen LogP) is 1.96. The third-order valence-electron chi connectivity index (χ3n) is 4.56. The summed E-state index contributed by atoms with van der Waals surface area (Å²) in [6, 6.07) is 6.27. The molecule has 1 aliphatic rings. The van der Waals surface area contributed by atoms with Crippen LogP contribution in [0, 0.1) is 13.8 Å². The number of benzene rings is 1. The maximum atomic E-state index is 12.6. The molecule has 1 aromatic carbocycles. The number of H-pyrrole nitrogens is 1. The van der Waals surface area contributed by atoms with E-state index < -0.39 is 0 Å². The normalized spacial score (nSPS) is 14.3. The number of aryl methyl sites for hydroxylation is 2. The second kappa shape index (κ2) is 5.22. The molecule has 0 saturated heterocycles. The number of aromatic amines is 1. The van der Waals surface area contributed by atoms with Gasteiger partial charge in [-0.1, -0.05) is 12.1 Å². The van der Waals surface area contributed by atoms with Crippen molar-refractivity contribution in [3.8, 4) is 0 Å². The first kappa shape index (κ1) is 14.0. The average Bonchev–Trinajstić information content (AvgIpc) is 3.11. The highest BCUT2D eigenvalue weighted by atomic mass is 16.2. The molecule has 23 heavy (non-hydrogen) atoms. The zero-order chi connectivity index (χ0) is 16.0. The lowest BCUT2D eigenvalue weighted by Crippen LogP contribution is -2.39. The first-order valence-electron chi connectivity index (χ1n) is 7.85. The Balaban J connectivity index is 1.54. The van der Waals surface area contributed by atoms with Crippen LogP contribution >= 0.6 is 0 Å². The Kier molecular flexibility index (Phi) is 3.18. The summed E-state index contributed by atoms with van der Waals surface area (Å²) in [5.41, 5.74) is 3.35. The summed E-state index contributed by atoms with van der Waals surface area (Å²) < 4.78 is 2.08. The molecule has 4 rings (SSSR count). The monoisotopic (exact) mass is 309 g/mol.